The van der Waals surface area contributed by atoms with Crippen molar-refractivity contribution in [1.29, 1.82) is 0 Å². The molecule has 0 aliphatic heterocycles. The first-order valence-corrected chi connectivity index (χ1v) is 6.05. The molecule has 0 spiro atoms. The van der Waals surface area contributed by atoms with E-state index in [0.717, 1.165) is 4.57 Å². The van der Waals surface area contributed by atoms with Gasteiger partial charge in [-0.1, -0.05) is 6.07 Å². The Morgan fingerprint density at radius 2 is 1.86 bits per heavy atom. The van der Waals surface area contributed by atoms with Gasteiger partial charge in [-0.25, -0.2) is 4.79 Å². The summed E-state index contributed by atoms with van der Waals surface area (Å²) in [7, 11) is 2.85. The van der Waals surface area contributed by atoms with Crippen molar-refractivity contribution in [3.05, 3.63) is 56.5 Å². The van der Waals surface area contributed by atoms with Gasteiger partial charge in [-0.05, 0) is 12.1 Å². The number of nitrogens with two attached hydrogens (primary N) is 1. The van der Waals surface area contributed by atoms with Gasteiger partial charge in [0.2, 0.25) is 0 Å². The molecule has 0 saturated heterocycles. The quantitative estimate of drug-likeness (QED) is 0.607. The van der Waals surface area contributed by atoms with Crippen molar-refractivity contribution in [2.75, 3.05) is 5.73 Å². The lowest BCUT2D eigenvalue weighted by molar-refractivity contribution is 0.692. The van der Waals surface area contributed by atoms with E-state index in [2.05, 4.69) is 15.2 Å². The first-order valence-electron chi connectivity index (χ1n) is 6.05. The molecule has 0 aliphatic carbocycles. The molecule has 2 N–H and O–H groups in total. The van der Waals surface area contributed by atoms with Crippen LogP contribution in [0.15, 0.2) is 44.2 Å². The van der Waals surface area contributed by atoms with Crippen LogP contribution in [0.25, 0.3) is 0 Å². The average molecular weight is 286 g/mol. The molecule has 2 aromatic heterocycles. The molecule has 8 nitrogen and oxygen atoms in total. The molecule has 0 radical (unpaired) electrons. The largest absolute Gasteiger partial charge is 0.384 e. The molecule has 0 bridgehead atoms. The maximum atomic E-state index is 11.9. The topological polar surface area (TPSA) is 108 Å². The van der Waals surface area contributed by atoms with E-state index in [0.29, 0.717) is 5.69 Å². The summed E-state index contributed by atoms with van der Waals surface area (Å²) in [5, 5.41) is 7.56. The Labute approximate surface area is 119 Å². The standard InChI is InChI=1S/C13H14N6O2/c1-18-11(14)10(12(20)19(2)13(18)21)8-17-16-7-9-5-3-4-6-15-9/h3-8H,14H2,1-2H3/b16-7+,17-8+. The minimum Gasteiger partial charge on any atom is -0.384 e. The Hall–Kier alpha value is -3.03. The smallest absolute Gasteiger partial charge is 0.332 e. The summed E-state index contributed by atoms with van der Waals surface area (Å²) in [6, 6.07) is 5.37. The first-order chi connectivity index (χ1) is 10.0. The fourth-order valence-corrected chi connectivity index (χ4v) is 1.64. The van der Waals surface area contributed by atoms with Crippen molar-refractivity contribution in [3.63, 3.8) is 0 Å². The lowest BCUT2D eigenvalue weighted by Gasteiger charge is -2.07. The molecule has 21 heavy (non-hydrogen) atoms. The number of aromatic nitrogens is 3. The van der Waals surface area contributed by atoms with Crippen LogP contribution in [-0.2, 0) is 14.1 Å². The van der Waals surface area contributed by atoms with Crippen LogP contribution in [0.3, 0.4) is 0 Å². The van der Waals surface area contributed by atoms with E-state index in [1.165, 1.54) is 31.1 Å². The average Bonchev–Trinajstić information content (AvgIpc) is 2.51. The van der Waals surface area contributed by atoms with E-state index in [1.54, 1.807) is 18.3 Å². The number of pyridine rings is 1. The zero-order valence-electron chi connectivity index (χ0n) is 11.6. The van der Waals surface area contributed by atoms with Crippen LogP contribution in [0.2, 0.25) is 0 Å². The molecule has 2 rings (SSSR count). The summed E-state index contributed by atoms with van der Waals surface area (Å²) in [6.07, 6.45) is 4.29. The second kappa shape index (κ2) is 5.95. The highest BCUT2D eigenvalue weighted by Crippen LogP contribution is 1.99. The van der Waals surface area contributed by atoms with Gasteiger partial charge >= 0.3 is 5.69 Å². The number of nitrogens with zero attached hydrogens (tertiary/aromatic N) is 5. The molecule has 0 atom stereocenters. The molecule has 2 heterocycles. The second-order valence-corrected chi connectivity index (χ2v) is 4.25. The molecular formula is C13H14N6O2. The van der Waals surface area contributed by atoms with Crippen LogP contribution in [0.4, 0.5) is 5.82 Å². The highest BCUT2D eigenvalue weighted by atomic mass is 16.2. The highest BCUT2D eigenvalue weighted by molar-refractivity contribution is 5.85. The number of nitrogen functional groups attached to an aromatic ring is 1. The van der Waals surface area contributed by atoms with Crippen molar-refractivity contribution >= 4 is 18.2 Å². The third-order valence-electron chi connectivity index (χ3n) is 2.88. The van der Waals surface area contributed by atoms with Crippen molar-refractivity contribution in [1.82, 2.24) is 14.1 Å². The van der Waals surface area contributed by atoms with Gasteiger partial charge in [0, 0.05) is 20.3 Å². The third-order valence-corrected chi connectivity index (χ3v) is 2.88. The Balaban J connectivity index is 2.33. The first kappa shape index (κ1) is 14.4. The molecule has 0 aromatic carbocycles. The molecule has 0 saturated carbocycles. The lowest BCUT2D eigenvalue weighted by atomic mass is 10.3. The molecule has 0 fully saturated rings. The predicted octanol–water partition coefficient (Wildman–Crippen LogP) is -0.486. The summed E-state index contributed by atoms with van der Waals surface area (Å²) in [4.78, 5) is 27.6. The van der Waals surface area contributed by atoms with E-state index in [-0.39, 0.29) is 11.4 Å². The Morgan fingerprint density at radius 3 is 2.52 bits per heavy atom. The summed E-state index contributed by atoms with van der Waals surface area (Å²) in [5.74, 6) is 0.0416. The van der Waals surface area contributed by atoms with Crippen LogP contribution in [0.5, 0.6) is 0 Å². The molecule has 0 aliphatic rings. The van der Waals surface area contributed by atoms with Crippen LogP contribution in [-0.4, -0.2) is 26.5 Å². The van der Waals surface area contributed by atoms with Crippen molar-refractivity contribution in [3.8, 4) is 0 Å². The SMILES string of the molecule is Cn1c(N)c(/C=N/N=C/c2ccccn2)c(=O)n(C)c1=O. The van der Waals surface area contributed by atoms with Crippen molar-refractivity contribution in [2.24, 2.45) is 24.3 Å². The Morgan fingerprint density at radius 1 is 1.14 bits per heavy atom. The van der Waals surface area contributed by atoms with Crippen molar-refractivity contribution in [2.45, 2.75) is 0 Å². The predicted molar refractivity (Wildman–Crippen MR) is 80.8 cm³/mol. The van der Waals surface area contributed by atoms with Crippen LogP contribution in [0, 0.1) is 0 Å². The highest BCUT2D eigenvalue weighted by Gasteiger charge is 2.10. The lowest BCUT2D eigenvalue weighted by Crippen LogP contribution is -2.40. The number of anilines is 1. The fourth-order valence-electron chi connectivity index (χ4n) is 1.64. The van der Waals surface area contributed by atoms with Crippen LogP contribution >= 0.6 is 0 Å². The fraction of sp³-hybridized carbons (Fsp3) is 0.154. The molecule has 108 valence electrons. The Bertz CT molecular complexity index is 817. The minimum atomic E-state index is -0.521. The molecule has 2 aromatic rings. The van der Waals surface area contributed by atoms with E-state index in [9.17, 15) is 9.59 Å². The normalized spacial score (nSPS) is 11.5. The van der Waals surface area contributed by atoms with Gasteiger partial charge in [0.1, 0.15) is 11.4 Å². The van der Waals surface area contributed by atoms with Gasteiger partial charge in [-0.2, -0.15) is 10.2 Å². The van der Waals surface area contributed by atoms with Gasteiger partial charge in [-0.3, -0.25) is 18.9 Å². The molecule has 8 heteroatoms. The zero-order valence-corrected chi connectivity index (χ0v) is 11.6. The summed E-state index contributed by atoms with van der Waals surface area (Å²) < 4.78 is 2.13. The van der Waals surface area contributed by atoms with Gasteiger partial charge in [0.15, 0.2) is 0 Å². The zero-order chi connectivity index (χ0) is 15.4. The summed E-state index contributed by atoms with van der Waals surface area (Å²) in [5.41, 5.74) is 5.47. The third kappa shape index (κ3) is 2.94. The Kier molecular flexibility index (Phi) is 4.07. The minimum absolute atomic E-state index is 0.0416. The number of hydrogen-bond donors (Lipinski definition) is 1. The number of hydrogen-bond acceptors (Lipinski definition) is 6. The second-order valence-electron chi connectivity index (χ2n) is 4.25. The van der Waals surface area contributed by atoms with Crippen molar-refractivity contribution < 1.29 is 0 Å². The summed E-state index contributed by atoms with van der Waals surface area (Å²) in [6.45, 7) is 0. The maximum Gasteiger partial charge on any atom is 0.332 e. The molecule has 0 unspecified atom stereocenters. The van der Waals surface area contributed by atoms with Crippen LogP contribution in [0.1, 0.15) is 11.3 Å². The van der Waals surface area contributed by atoms with Gasteiger partial charge in [0.25, 0.3) is 5.56 Å². The number of rotatable bonds is 3. The van der Waals surface area contributed by atoms with E-state index in [4.69, 9.17) is 5.73 Å². The van der Waals surface area contributed by atoms with Gasteiger partial charge in [-0.15, -0.1) is 0 Å². The van der Waals surface area contributed by atoms with E-state index < -0.39 is 11.2 Å². The van der Waals surface area contributed by atoms with Gasteiger partial charge < -0.3 is 5.73 Å². The van der Waals surface area contributed by atoms with Gasteiger partial charge in [0.05, 0.1) is 18.1 Å². The summed E-state index contributed by atoms with van der Waals surface area (Å²) >= 11 is 0. The molecular weight excluding hydrogens is 272 g/mol. The monoisotopic (exact) mass is 286 g/mol. The maximum absolute atomic E-state index is 11.9. The van der Waals surface area contributed by atoms with Crippen LogP contribution < -0.4 is 17.0 Å². The van der Waals surface area contributed by atoms with E-state index in [1.807, 2.05) is 6.07 Å². The van der Waals surface area contributed by atoms with E-state index >= 15 is 0 Å². The molecule has 0 amide bonds.